The summed E-state index contributed by atoms with van der Waals surface area (Å²) in [5.74, 6) is 0. The first-order chi connectivity index (χ1) is 16.0. The molecule has 8 heteroatoms. The van der Waals surface area contributed by atoms with E-state index in [1.54, 1.807) is 35.7 Å². The molecule has 0 fully saturated rings. The third-order valence-corrected chi connectivity index (χ3v) is 6.51. The molecule has 2 heterocycles. The zero-order chi connectivity index (χ0) is 22.9. The summed E-state index contributed by atoms with van der Waals surface area (Å²) in [6, 6.07) is 20.5. The Kier molecular flexibility index (Phi) is 5.61. The predicted molar refractivity (Wildman–Crippen MR) is 135 cm³/mol. The first-order valence-corrected chi connectivity index (χ1v) is 11.4. The van der Waals surface area contributed by atoms with Crippen LogP contribution >= 0.6 is 34.5 Å². The van der Waals surface area contributed by atoms with Gasteiger partial charge in [0.25, 0.3) is 0 Å². The summed E-state index contributed by atoms with van der Waals surface area (Å²) in [5.41, 5.74) is 1.66. The minimum absolute atomic E-state index is 0.290. The number of nitrogens with one attached hydrogen (secondary N) is 1. The van der Waals surface area contributed by atoms with Gasteiger partial charge in [0.15, 0.2) is 0 Å². The maximum atomic E-state index is 12.7. The molecule has 0 bridgehead atoms. The highest BCUT2D eigenvalue weighted by molar-refractivity contribution is 7.11. The highest BCUT2D eigenvalue weighted by Crippen LogP contribution is 2.30. The summed E-state index contributed by atoms with van der Waals surface area (Å²) in [4.78, 5) is 17.2. The Hall–Kier alpha value is -3.63. The quantitative estimate of drug-likeness (QED) is 0.162. The van der Waals surface area contributed by atoms with Crippen LogP contribution in [0.5, 0.6) is 0 Å². The van der Waals surface area contributed by atoms with E-state index in [-0.39, 0.29) is 5.57 Å². The molecule has 0 atom stereocenters. The molecule has 0 aliphatic carbocycles. The number of fused-ring (bicyclic) bond motifs is 3. The zero-order valence-corrected chi connectivity index (χ0v) is 19.1. The molecular formula is C25H13Cl2N3O2S. The van der Waals surface area contributed by atoms with Gasteiger partial charge >= 0.3 is 5.63 Å². The predicted octanol–water partition coefficient (Wildman–Crippen LogP) is 7.35. The molecule has 0 aliphatic heterocycles. The van der Waals surface area contributed by atoms with E-state index in [9.17, 15) is 10.1 Å². The molecule has 3 aromatic carbocycles. The Morgan fingerprint density at radius 2 is 1.94 bits per heavy atom. The molecule has 0 saturated carbocycles. The molecule has 160 valence electrons. The van der Waals surface area contributed by atoms with Crippen LogP contribution in [0.3, 0.4) is 0 Å². The topological polar surface area (TPSA) is 78.9 Å². The average molecular weight is 490 g/mol. The van der Waals surface area contributed by atoms with Crippen molar-refractivity contribution >= 4 is 67.5 Å². The van der Waals surface area contributed by atoms with Gasteiger partial charge in [-0.05, 0) is 41.1 Å². The number of anilines is 1. The fraction of sp³-hybridized carbons (Fsp3) is 0. The Morgan fingerprint density at radius 3 is 2.79 bits per heavy atom. The fourth-order valence-electron chi connectivity index (χ4n) is 3.47. The van der Waals surface area contributed by atoms with Gasteiger partial charge in [0.1, 0.15) is 22.2 Å². The van der Waals surface area contributed by atoms with Gasteiger partial charge in [0.2, 0.25) is 0 Å². The molecule has 0 spiro atoms. The monoisotopic (exact) mass is 489 g/mol. The van der Waals surface area contributed by atoms with Gasteiger partial charge in [-0.3, -0.25) is 0 Å². The Bertz CT molecular complexity index is 1660. The molecule has 0 amide bonds. The van der Waals surface area contributed by atoms with Crippen molar-refractivity contribution in [3.8, 4) is 17.3 Å². The normalized spacial score (nSPS) is 11.6. The largest absolute Gasteiger partial charge is 0.422 e. The summed E-state index contributed by atoms with van der Waals surface area (Å²) in [7, 11) is 0. The van der Waals surface area contributed by atoms with Crippen molar-refractivity contribution in [3.63, 3.8) is 0 Å². The smallest absolute Gasteiger partial charge is 0.345 e. The first-order valence-electron chi connectivity index (χ1n) is 9.77. The van der Waals surface area contributed by atoms with Crippen molar-refractivity contribution in [1.82, 2.24) is 4.98 Å². The fourth-order valence-corrected chi connectivity index (χ4v) is 4.60. The minimum atomic E-state index is -0.485. The highest BCUT2D eigenvalue weighted by atomic mass is 35.5. The van der Waals surface area contributed by atoms with E-state index in [2.05, 4.69) is 16.4 Å². The molecule has 33 heavy (non-hydrogen) atoms. The maximum Gasteiger partial charge on any atom is 0.345 e. The third kappa shape index (κ3) is 4.10. The molecule has 0 aliphatic rings. The number of nitrogens with zero attached hydrogens (tertiary/aromatic N) is 2. The van der Waals surface area contributed by atoms with E-state index in [0.717, 1.165) is 16.2 Å². The number of rotatable bonds is 4. The lowest BCUT2D eigenvalue weighted by atomic mass is 10.0. The Labute approximate surface area is 202 Å². The second-order valence-electron chi connectivity index (χ2n) is 7.12. The van der Waals surface area contributed by atoms with Crippen LogP contribution in [0.1, 0.15) is 5.01 Å². The number of thiazole rings is 1. The van der Waals surface area contributed by atoms with Crippen LogP contribution in [0.2, 0.25) is 10.0 Å². The SMILES string of the molecule is N#CC(=CNc1cc(Cl)ccc1Cl)c1nc(-c2cc3c(ccc4ccccc43)oc2=O)cs1. The Balaban J connectivity index is 1.54. The molecule has 0 saturated heterocycles. The zero-order valence-electron chi connectivity index (χ0n) is 16.8. The number of halogens is 2. The van der Waals surface area contributed by atoms with Crippen LogP contribution in [0.4, 0.5) is 5.69 Å². The van der Waals surface area contributed by atoms with E-state index >= 15 is 0 Å². The number of hydrogen-bond donors (Lipinski definition) is 1. The van der Waals surface area contributed by atoms with E-state index in [1.165, 1.54) is 17.5 Å². The van der Waals surface area contributed by atoms with E-state index < -0.39 is 5.63 Å². The standard InChI is InChI=1S/C25H13Cl2N3O2S/c26-16-6-7-20(27)21(9-16)29-12-15(11-28)24-30-22(13-33-24)19-10-18-17-4-2-1-3-14(17)5-8-23(18)32-25(19)31/h1-10,12-13,29H. The molecule has 2 aromatic heterocycles. The number of aromatic nitrogens is 1. The van der Waals surface area contributed by atoms with Crippen molar-refractivity contribution in [3.05, 3.63) is 97.7 Å². The average Bonchev–Trinajstić information content (AvgIpc) is 3.31. The van der Waals surface area contributed by atoms with Gasteiger partial charge in [-0.25, -0.2) is 9.78 Å². The van der Waals surface area contributed by atoms with Gasteiger partial charge in [0.05, 0.1) is 22.0 Å². The lowest BCUT2D eigenvalue weighted by molar-refractivity contribution is 0.563. The summed E-state index contributed by atoms with van der Waals surface area (Å²) in [5, 5.41) is 18.7. The minimum Gasteiger partial charge on any atom is -0.422 e. The van der Waals surface area contributed by atoms with Crippen molar-refractivity contribution in [2.75, 3.05) is 5.32 Å². The first kappa shape index (κ1) is 21.2. The van der Waals surface area contributed by atoms with Gasteiger partial charge < -0.3 is 9.73 Å². The molecule has 5 nitrogen and oxygen atoms in total. The number of allylic oxidation sites excluding steroid dienone is 1. The maximum absolute atomic E-state index is 12.7. The lowest BCUT2D eigenvalue weighted by Gasteiger charge is -2.05. The second kappa shape index (κ2) is 8.72. The van der Waals surface area contributed by atoms with Crippen molar-refractivity contribution in [2.45, 2.75) is 0 Å². The summed E-state index contributed by atoms with van der Waals surface area (Å²) in [6.45, 7) is 0. The van der Waals surface area contributed by atoms with Crippen LogP contribution in [0.15, 0.2) is 81.5 Å². The molecule has 5 aromatic rings. The molecule has 0 radical (unpaired) electrons. The van der Waals surface area contributed by atoms with Crippen molar-refractivity contribution < 1.29 is 4.42 Å². The molecular weight excluding hydrogens is 477 g/mol. The van der Waals surface area contributed by atoms with Crippen LogP contribution in [-0.4, -0.2) is 4.98 Å². The second-order valence-corrected chi connectivity index (χ2v) is 8.82. The third-order valence-electron chi connectivity index (χ3n) is 5.07. The highest BCUT2D eigenvalue weighted by Gasteiger charge is 2.15. The van der Waals surface area contributed by atoms with Crippen molar-refractivity contribution in [1.29, 1.82) is 5.26 Å². The summed E-state index contributed by atoms with van der Waals surface area (Å²) < 4.78 is 5.57. The van der Waals surface area contributed by atoms with Crippen LogP contribution in [0.25, 0.3) is 38.6 Å². The van der Waals surface area contributed by atoms with E-state index in [4.69, 9.17) is 27.6 Å². The number of benzene rings is 3. The van der Waals surface area contributed by atoms with Gasteiger partial charge in [-0.2, -0.15) is 5.26 Å². The molecule has 5 rings (SSSR count). The van der Waals surface area contributed by atoms with Gasteiger partial charge in [-0.1, -0.05) is 53.5 Å². The summed E-state index contributed by atoms with van der Waals surface area (Å²) >= 11 is 13.4. The van der Waals surface area contributed by atoms with Crippen LogP contribution in [-0.2, 0) is 0 Å². The molecule has 1 N–H and O–H groups in total. The van der Waals surface area contributed by atoms with Gasteiger partial charge in [-0.15, -0.1) is 11.3 Å². The summed E-state index contributed by atoms with van der Waals surface area (Å²) in [6.07, 6.45) is 1.51. The Morgan fingerprint density at radius 1 is 1.09 bits per heavy atom. The van der Waals surface area contributed by atoms with Crippen LogP contribution in [0, 0.1) is 11.3 Å². The van der Waals surface area contributed by atoms with Crippen LogP contribution < -0.4 is 10.9 Å². The van der Waals surface area contributed by atoms with E-state index in [1.807, 2.05) is 30.3 Å². The number of nitriles is 1. The lowest BCUT2D eigenvalue weighted by Crippen LogP contribution is -2.03. The van der Waals surface area contributed by atoms with Crippen molar-refractivity contribution in [2.24, 2.45) is 0 Å². The van der Waals surface area contributed by atoms with E-state index in [0.29, 0.717) is 37.6 Å². The molecule has 0 unspecified atom stereocenters. The number of hydrogen-bond acceptors (Lipinski definition) is 6. The van der Waals surface area contributed by atoms with Gasteiger partial charge in [0, 0.05) is 22.0 Å².